The molecule has 0 bridgehead atoms. The van der Waals surface area contributed by atoms with Crippen molar-refractivity contribution in [3.63, 3.8) is 0 Å². The van der Waals surface area contributed by atoms with E-state index in [4.69, 9.17) is 0 Å². The number of carbonyl (C=O) groups is 1. The first-order valence-corrected chi connectivity index (χ1v) is 8.27. The van der Waals surface area contributed by atoms with Gasteiger partial charge in [0.1, 0.15) is 5.65 Å². The van der Waals surface area contributed by atoms with Crippen LogP contribution in [0.3, 0.4) is 0 Å². The lowest BCUT2D eigenvalue weighted by Gasteiger charge is -2.06. The number of anilines is 1. The van der Waals surface area contributed by atoms with Gasteiger partial charge in [0.05, 0.1) is 6.20 Å². The van der Waals surface area contributed by atoms with Crippen LogP contribution in [0.2, 0.25) is 0 Å². The second kappa shape index (κ2) is 6.40. The molecule has 0 fully saturated rings. The highest BCUT2D eigenvalue weighted by Crippen LogP contribution is 2.17. The summed E-state index contributed by atoms with van der Waals surface area (Å²) in [5.74, 6) is -0.332. The number of hydrogen-bond donors (Lipinski definition) is 2. The van der Waals surface area contributed by atoms with Gasteiger partial charge in [-0.2, -0.15) is 5.10 Å². The molecule has 24 heavy (non-hydrogen) atoms. The number of nitrogens with zero attached hydrogens (tertiary/aromatic N) is 3. The summed E-state index contributed by atoms with van der Waals surface area (Å²) in [5, 5.41) is 8.28. The molecule has 7 nitrogen and oxygen atoms in total. The van der Waals surface area contributed by atoms with E-state index in [1.807, 2.05) is 20.8 Å². The van der Waals surface area contributed by atoms with E-state index in [1.165, 1.54) is 23.5 Å². The summed E-state index contributed by atoms with van der Waals surface area (Å²) in [7, 11) is 0. The number of aryl methyl sites for hydroxylation is 1. The maximum Gasteiger partial charge on any atom is 0.256 e. The van der Waals surface area contributed by atoms with Crippen molar-refractivity contribution in [1.82, 2.24) is 19.7 Å². The monoisotopic (exact) mass is 343 g/mol. The van der Waals surface area contributed by atoms with Crippen molar-refractivity contribution in [3.8, 4) is 0 Å². The molecule has 1 amide bonds. The van der Waals surface area contributed by atoms with Crippen LogP contribution in [-0.4, -0.2) is 25.7 Å². The second-order valence-electron chi connectivity index (χ2n) is 5.64. The van der Waals surface area contributed by atoms with Crippen LogP contribution in [-0.2, 0) is 4.79 Å². The van der Waals surface area contributed by atoms with Crippen molar-refractivity contribution in [2.75, 3.05) is 5.32 Å². The van der Waals surface area contributed by atoms with Crippen molar-refractivity contribution in [1.29, 1.82) is 0 Å². The third-order valence-corrected chi connectivity index (χ3v) is 4.21. The Hall–Kier alpha value is -2.74. The van der Waals surface area contributed by atoms with Gasteiger partial charge in [0.15, 0.2) is 5.13 Å². The Morgan fingerprint density at radius 1 is 1.42 bits per heavy atom. The minimum absolute atomic E-state index is 0.145. The average Bonchev–Trinajstić information content (AvgIpc) is 3.10. The number of aromatic nitrogens is 4. The summed E-state index contributed by atoms with van der Waals surface area (Å²) in [6.07, 6.45) is 6.19. The highest BCUT2D eigenvalue weighted by molar-refractivity contribution is 7.15. The summed E-state index contributed by atoms with van der Waals surface area (Å²) in [6.45, 7) is 5.89. The summed E-state index contributed by atoms with van der Waals surface area (Å²) in [5.41, 5.74) is 0.810. The lowest BCUT2D eigenvalue weighted by molar-refractivity contribution is -0.111. The predicted molar refractivity (Wildman–Crippen MR) is 95.3 cm³/mol. The lowest BCUT2D eigenvalue weighted by Crippen LogP contribution is -2.13. The van der Waals surface area contributed by atoms with Crippen molar-refractivity contribution < 1.29 is 4.79 Å². The van der Waals surface area contributed by atoms with Gasteiger partial charge >= 0.3 is 0 Å². The lowest BCUT2D eigenvalue weighted by atomic mass is 10.2. The van der Waals surface area contributed by atoms with Gasteiger partial charge in [-0.3, -0.25) is 14.9 Å². The van der Waals surface area contributed by atoms with Gasteiger partial charge in [-0.05, 0) is 32.9 Å². The zero-order valence-electron chi connectivity index (χ0n) is 13.5. The molecule has 0 aliphatic carbocycles. The van der Waals surface area contributed by atoms with Crippen LogP contribution in [0.4, 0.5) is 5.13 Å². The topological polar surface area (TPSA) is 92.7 Å². The Labute approximate surface area is 142 Å². The fourth-order valence-corrected chi connectivity index (χ4v) is 2.93. The van der Waals surface area contributed by atoms with Crippen molar-refractivity contribution in [3.05, 3.63) is 45.3 Å². The fraction of sp³-hybridized carbons (Fsp3) is 0.250. The van der Waals surface area contributed by atoms with E-state index < -0.39 is 0 Å². The summed E-state index contributed by atoms with van der Waals surface area (Å²) >= 11 is 1.39. The molecule has 0 atom stereocenters. The molecule has 0 aliphatic heterocycles. The molecule has 0 radical (unpaired) electrons. The second-order valence-corrected chi connectivity index (χ2v) is 6.87. The number of H-pyrrole nitrogens is 1. The van der Waals surface area contributed by atoms with Crippen LogP contribution in [0.1, 0.15) is 30.3 Å². The third kappa shape index (κ3) is 3.28. The smallest absolute Gasteiger partial charge is 0.256 e. The average molecular weight is 343 g/mol. The Kier molecular flexibility index (Phi) is 4.30. The van der Waals surface area contributed by atoms with Gasteiger partial charge < -0.3 is 4.98 Å². The largest absolute Gasteiger partial charge is 0.306 e. The highest BCUT2D eigenvalue weighted by Gasteiger charge is 2.09. The quantitative estimate of drug-likeness (QED) is 0.712. The minimum atomic E-state index is -0.332. The molecular formula is C16H17N5O2S. The standard InChI is InChI=1S/C16H17N5O2S/c1-9(2)21-14-12(8-18-21)6-11(15(23)20-14)4-5-13(22)19-16-17-7-10(3)24-16/h4-9H,1-3H3,(H,20,23)(H,17,19,22)/b5-4+. The first kappa shape index (κ1) is 16.1. The maximum atomic E-state index is 12.2. The first-order valence-electron chi connectivity index (χ1n) is 7.46. The number of pyridine rings is 1. The molecule has 3 aromatic heterocycles. The van der Waals surface area contributed by atoms with E-state index in [-0.39, 0.29) is 17.5 Å². The number of rotatable bonds is 4. The molecule has 2 N–H and O–H groups in total. The number of aromatic amines is 1. The molecule has 0 saturated carbocycles. The summed E-state index contributed by atoms with van der Waals surface area (Å²) < 4.78 is 1.75. The molecule has 0 aromatic carbocycles. The van der Waals surface area contributed by atoms with Crippen LogP contribution in [0.15, 0.2) is 29.3 Å². The van der Waals surface area contributed by atoms with Crippen LogP contribution >= 0.6 is 11.3 Å². The van der Waals surface area contributed by atoms with E-state index in [0.29, 0.717) is 16.3 Å². The van der Waals surface area contributed by atoms with E-state index in [9.17, 15) is 9.59 Å². The number of amides is 1. The van der Waals surface area contributed by atoms with E-state index >= 15 is 0 Å². The van der Waals surface area contributed by atoms with Gasteiger partial charge in [0, 0.05) is 34.1 Å². The molecule has 3 heterocycles. The van der Waals surface area contributed by atoms with Crippen LogP contribution < -0.4 is 10.9 Å². The molecule has 0 aliphatic rings. The minimum Gasteiger partial charge on any atom is -0.306 e. The zero-order chi connectivity index (χ0) is 17.3. The van der Waals surface area contributed by atoms with Crippen molar-refractivity contribution >= 4 is 39.5 Å². The summed E-state index contributed by atoms with van der Waals surface area (Å²) in [4.78, 5) is 32.0. The molecule has 0 saturated heterocycles. The van der Waals surface area contributed by atoms with Gasteiger partial charge in [-0.1, -0.05) is 0 Å². The number of nitrogens with one attached hydrogen (secondary N) is 2. The zero-order valence-corrected chi connectivity index (χ0v) is 14.3. The molecule has 0 unspecified atom stereocenters. The van der Waals surface area contributed by atoms with Gasteiger partial charge in [0.25, 0.3) is 5.56 Å². The SMILES string of the molecule is Cc1cnc(NC(=O)/C=C/c2cc3cnn(C(C)C)c3[nH]c2=O)s1. The molecule has 3 aromatic rings. The number of fused-ring (bicyclic) bond motifs is 1. The number of thiazole rings is 1. The third-order valence-electron chi connectivity index (χ3n) is 3.38. The Bertz CT molecular complexity index is 980. The molecule has 8 heteroatoms. The predicted octanol–water partition coefficient (Wildman–Crippen LogP) is 2.72. The Morgan fingerprint density at radius 2 is 2.21 bits per heavy atom. The highest BCUT2D eigenvalue weighted by atomic mass is 32.1. The molecule has 124 valence electrons. The molecule has 3 rings (SSSR count). The van der Waals surface area contributed by atoms with Crippen LogP contribution in [0.5, 0.6) is 0 Å². The van der Waals surface area contributed by atoms with Crippen LogP contribution in [0.25, 0.3) is 17.1 Å². The van der Waals surface area contributed by atoms with Crippen molar-refractivity contribution in [2.45, 2.75) is 26.8 Å². The van der Waals surface area contributed by atoms with Gasteiger partial charge in [-0.25, -0.2) is 9.67 Å². The molecular weight excluding hydrogens is 326 g/mol. The number of hydrogen-bond acceptors (Lipinski definition) is 5. The Balaban J connectivity index is 1.83. The van der Waals surface area contributed by atoms with E-state index in [0.717, 1.165) is 10.3 Å². The Morgan fingerprint density at radius 3 is 2.88 bits per heavy atom. The fourth-order valence-electron chi connectivity index (χ4n) is 2.26. The van der Waals surface area contributed by atoms with E-state index in [2.05, 4.69) is 20.4 Å². The summed E-state index contributed by atoms with van der Waals surface area (Å²) in [6, 6.07) is 1.87. The van der Waals surface area contributed by atoms with Gasteiger partial charge in [0.2, 0.25) is 5.91 Å². The maximum absolute atomic E-state index is 12.2. The van der Waals surface area contributed by atoms with Gasteiger partial charge in [-0.15, -0.1) is 11.3 Å². The van der Waals surface area contributed by atoms with Crippen molar-refractivity contribution in [2.24, 2.45) is 0 Å². The first-order chi connectivity index (χ1) is 11.4. The molecule has 0 spiro atoms. The van der Waals surface area contributed by atoms with E-state index in [1.54, 1.807) is 23.1 Å². The normalized spacial score (nSPS) is 11.7. The van der Waals surface area contributed by atoms with Crippen LogP contribution in [0, 0.1) is 6.92 Å². The number of carbonyl (C=O) groups excluding carboxylic acids is 1.